The monoisotopic (exact) mass is 336 g/mol. The van der Waals surface area contributed by atoms with Crippen LogP contribution < -0.4 is 0 Å². The number of carbonyl (C=O) groups excluding carboxylic acids is 1. The number of allylic oxidation sites excluding steroid dienone is 1. The zero-order chi connectivity index (χ0) is 17.2. The second-order valence-corrected chi connectivity index (χ2v) is 5.18. The lowest BCUT2D eigenvalue weighted by atomic mass is 9.91. The number of nitrogens with zero attached hydrogens (tertiary/aromatic N) is 2. The van der Waals surface area contributed by atoms with Gasteiger partial charge in [-0.05, 0) is 12.1 Å². The van der Waals surface area contributed by atoms with Crippen LogP contribution in [0.15, 0.2) is 30.1 Å². The van der Waals surface area contributed by atoms with Crippen LogP contribution in [0, 0.1) is 11.6 Å². The van der Waals surface area contributed by atoms with Crippen LogP contribution in [0.2, 0.25) is 0 Å². The minimum absolute atomic E-state index is 0.200. The molecule has 1 atom stereocenters. The molecule has 0 bridgehead atoms. The SMILES string of the molecule is O=C1c2c(c(F)c(F)c3nc4ccccc4nc23)C(F)=C(F)C1F. The normalized spacial score (nSPS) is 17.7. The lowest BCUT2D eigenvalue weighted by molar-refractivity contribution is 0.0883. The summed E-state index contributed by atoms with van der Waals surface area (Å²) in [5.41, 5.74) is -2.88. The molecule has 0 saturated carbocycles. The van der Waals surface area contributed by atoms with Gasteiger partial charge in [-0.3, -0.25) is 4.79 Å². The van der Waals surface area contributed by atoms with Crippen LogP contribution in [0.3, 0.4) is 0 Å². The quantitative estimate of drug-likeness (QED) is 0.456. The summed E-state index contributed by atoms with van der Waals surface area (Å²) < 4.78 is 69.5. The summed E-state index contributed by atoms with van der Waals surface area (Å²) >= 11 is 0. The molecule has 0 amide bonds. The van der Waals surface area contributed by atoms with E-state index in [1.165, 1.54) is 12.1 Å². The van der Waals surface area contributed by atoms with Gasteiger partial charge in [0.15, 0.2) is 23.3 Å². The van der Waals surface area contributed by atoms with Crippen molar-refractivity contribution in [1.29, 1.82) is 0 Å². The molecule has 2 aromatic carbocycles. The van der Waals surface area contributed by atoms with E-state index in [2.05, 4.69) is 9.97 Å². The van der Waals surface area contributed by atoms with E-state index >= 15 is 0 Å². The van der Waals surface area contributed by atoms with Crippen molar-refractivity contribution in [3.63, 3.8) is 0 Å². The third-order valence-corrected chi connectivity index (χ3v) is 3.81. The zero-order valence-electron chi connectivity index (χ0n) is 11.6. The minimum atomic E-state index is -2.93. The fourth-order valence-corrected chi connectivity index (χ4v) is 2.69. The Morgan fingerprint density at radius 3 is 2.04 bits per heavy atom. The van der Waals surface area contributed by atoms with E-state index in [1.807, 2.05) is 0 Å². The smallest absolute Gasteiger partial charge is 0.217 e. The van der Waals surface area contributed by atoms with E-state index in [1.54, 1.807) is 12.1 Å². The second kappa shape index (κ2) is 4.80. The van der Waals surface area contributed by atoms with Crippen LogP contribution in [0.25, 0.3) is 27.9 Å². The molecule has 0 radical (unpaired) electrons. The number of hydrogen-bond donors (Lipinski definition) is 0. The number of benzene rings is 2. The van der Waals surface area contributed by atoms with Gasteiger partial charge in [-0.2, -0.15) is 0 Å². The van der Waals surface area contributed by atoms with Crippen molar-refractivity contribution in [3.8, 4) is 0 Å². The summed E-state index contributed by atoms with van der Waals surface area (Å²) in [6.45, 7) is 0. The van der Waals surface area contributed by atoms with Crippen molar-refractivity contribution in [2.45, 2.75) is 6.17 Å². The second-order valence-electron chi connectivity index (χ2n) is 5.18. The van der Waals surface area contributed by atoms with Gasteiger partial charge in [0.05, 0.1) is 22.2 Å². The minimum Gasteiger partial charge on any atom is -0.290 e. The molecule has 3 aromatic rings. The molecule has 0 aliphatic heterocycles. The third-order valence-electron chi connectivity index (χ3n) is 3.81. The maximum absolute atomic E-state index is 14.2. The first-order valence-corrected chi connectivity index (χ1v) is 6.73. The Labute approximate surface area is 130 Å². The highest BCUT2D eigenvalue weighted by Gasteiger charge is 2.41. The van der Waals surface area contributed by atoms with Crippen molar-refractivity contribution in [2.75, 3.05) is 0 Å². The van der Waals surface area contributed by atoms with Crippen LogP contribution >= 0.6 is 0 Å². The summed E-state index contributed by atoms with van der Waals surface area (Å²) in [7, 11) is 0. The van der Waals surface area contributed by atoms with Gasteiger partial charge in [0.25, 0.3) is 0 Å². The van der Waals surface area contributed by atoms with Crippen molar-refractivity contribution in [2.24, 2.45) is 0 Å². The summed E-state index contributed by atoms with van der Waals surface area (Å²) in [6, 6.07) is 6.10. The molecule has 0 saturated heterocycles. The molecular formula is C16H5F5N2O. The first kappa shape index (κ1) is 14.7. The molecular weight excluding hydrogens is 331 g/mol. The number of halogens is 5. The first-order valence-electron chi connectivity index (χ1n) is 6.73. The molecule has 1 heterocycles. The van der Waals surface area contributed by atoms with Crippen LogP contribution in [0.5, 0.6) is 0 Å². The number of aromatic nitrogens is 2. The van der Waals surface area contributed by atoms with Crippen molar-refractivity contribution < 1.29 is 26.7 Å². The molecule has 120 valence electrons. The predicted octanol–water partition coefficient (Wildman–Crippen LogP) is 4.20. The Kier molecular flexibility index (Phi) is 2.93. The molecule has 1 aromatic heterocycles. The molecule has 4 rings (SSSR count). The van der Waals surface area contributed by atoms with Gasteiger partial charge in [-0.15, -0.1) is 0 Å². The Morgan fingerprint density at radius 1 is 0.833 bits per heavy atom. The fourth-order valence-electron chi connectivity index (χ4n) is 2.69. The van der Waals surface area contributed by atoms with Gasteiger partial charge in [-0.1, -0.05) is 12.1 Å². The van der Waals surface area contributed by atoms with Crippen molar-refractivity contribution in [3.05, 3.63) is 52.9 Å². The van der Waals surface area contributed by atoms with Crippen LogP contribution in [0.4, 0.5) is 22.0 Å². The van der Waals surface area contributed by atoms with Crippen LogP contribution in [-0.2, 0) is 0 Å². The van der Waals surface area contributed by atoms with E-state index in [4.69, 9.17) is 0 Å². The number of hydrogen-bond acceptors (Lipinski definition) is 3. The molecule has 1 aliphatic carbocycles. The van der Waals surface area contributed by atoms with Gasteiger partial charge in [0, 0.05) is 0 Å². The molecule has 1 unspecified atom stereocenters. The number of alkyl halides is 1. The molecule has 0 N–H and O–H groups in total. The predicted molar refractivity (Wildman–Crippen MR) is 75.3 cm³/mol. The van der Waals surface area contributed by atoms with Crippen molar-refractivity contribution in [1.82, 2.24) is 9.97 Å². The lowest BCUT2D eigenvalue weighted by Gasteiger charge is -2.19. The number of ketones is 1. The highest BCUT2D eigenvalue weighted by Crippen LogP contribution is 2.40. The third kappa shape index (κ3) is 1.73. The van der Waals surface area contributed by atoms with Crippen LogP contribution in [0.1, 0.15) is 15.9 Å². The van der Waals surface area contributed by atoms with E-state index < -0.39 is 57.4 Å². The number of rotatable bonds is 0. The number of carbonyl (C=O) groups is 1. The van der Waals surface area contributed by atoms with E-state index in [0.29, 0.717) is 0 Å². The van der Waals surface area contributed by atoms with Crippen molar-refractivity contribution >= 4 is 33.7 Å². The largest absolute Gasteiger partial charge is 0.290 e. The highest BCUT2D eigenvalue weighted by atomic mass is 19.2. The highest BCUT2D eigenvalue weighted by molar-refractivity contribution is 6.15. The summed E-state index contributed by atoms with van der Waals surface area (Å²) in [6.07, 6.45) is -2.93. The molecule has 0 fully saturated rings. The Morgan fingerprint density at radius 2 is 1.42 bits per heavy atom. The van der Waals surface area contributed by atoms with Gasteiger partial charge in [-0.25, -0.2) is 31.9 Å². The first-order chi connectivity index (χ1) is 11.4. The average Bonchev–Trinajstić information content (AvgIpc) is 2.59. The molecule has 1 aliphatic rings. The summed E-state index contributed by atoms with van der Waals surface area (Å²) in [4.78, 5) is 19.8. The van der Waals surface area contributed by atoms with E-state index in [9.17, 15) is 26.7 Å². The van der Waals surface area contributed by atoms with Gasteiger partial charge in [0.1, 0.15) is 11.0 Å². The molecule has 8 heteroatoms. The maximum Gasteiger partial charge on any atom is 0.217 e. The maximum atomic E-state index is 14.2. The molecule has 0 spiro atoms. The summed E-state index contributed by atoms with van der Waals surface area (Å²) in [5, 5.41) is 0. The zero-order valence-corrected chi connectivity index (χ0v) is 11.6. The standard InChI is InChI=1S/C16H5F5N2O/c17-9-7-8(16(24)13(21)11(9)19)14-15(12(20)10(7)18)23-6-4-2-1-3-5(6)22-14/h1-4,13H. The Hall–Kier alpha value is -2.90. The van der Waals surface area contributed by atoms with Gasteiger partial charge in [0.2, 0.25) is 12.0 Å². The fraction of sp³-hybridized carbons (Fsp3) is 0.0625. The van der Waals surface area contributed by atoms with E-state index in [-0.39, 0.29) is 11.0 Å². The lowest BCUT2D eigenvalue weighted by Crippen LogP contribution is -2.25. The topological polar surface area (TPSA) is 42.9 Å². The van der Waals surface area contributed by atoms with E-state index in [0.717, 1.165) is 0 Å². The average molecular weight is 336 g/mol. The number of Topliss-reactive ketones (excluding diaryl/α,β-unsaturated/α-hetero) is 1. The Bertz CT molecular complexity index is 1090. The van der Waals surface area contributed by atoms with Gasteiger partial charge < -0.3 is 0 Å². The molecule has 3 nitrogen and oxygen atoms in total. The molecule has 24 heavy (non-hydrogen) atoms. The Balaban J connectivity index is 2.26. The van der Waals surface area contributed by atoms with Crippen LogP contribution in [-0.4, -0.2) is 21.9 Å². The number of para-hydroxylation sites is 2. The summed E-state index contributed by atoms with van der Waals surface area (Å²) in [5.74, 6) is -8.97. The van der Waals surface area contributed by atoms with Gasteiger partial charge >= 0.3 is 0 Å². The number of fused-ring (bicyclic) bond motifs is 4.